The fraction of sp³-hybridized carbons (Fsp3) is 0.167. The Morgan fingerprint density at radius 1 is 1.21 bits per heavy atom. The SMILES string of the molecule is CCS(=O)(O)=NC(=O)CN1C(=Cc2oc3ccc4ccccc4c3[n+]2CS(=O)(=O)[O-])Sc2ccc(Cl)cc21. The fourth-order valence-electron chi connectivity index (χ4n) is 4.11. The molecule has 1 N–H and O–H groups in total. The summed E-state index contributed by atoms with van der Waals surface area (Å²) in [6.45, 7) is 1.06. The number of hydrogen-bond donors (Lipinski definition) is 1. The first kappa shape index (κ1) is 26.7. The largest absolute Gasteiger partial charge is 0.743 e. The number of nitrogens with zero attached hydrogens (tertiary/aromatic N) is 3. The van der Waals surface area contributed by atoms with Crippen molar-refractivity contribution in [1.82, 2.24) is 0 Å². The van der Waals surface area contributed by atoms with E-state index in [0.717, 1.165) is 10.3 Å². The summed E-state index contributed by atoms with van der Waals surface area (Å²) in [6.07, 6.45) is 1.52. The van der Waals surface area contributed by atoms with Gasteiger partial charge in [-0.25, -0.2) is 12.6 Å². The molecule has 0 saturated heterocycles. The number of benzene rings is 3. The number of oxazole rings is 1. The van der Waals surface area contributed by atoms with Gasteiger partial charge in [0.05, 0.1) is 27.9 Å². The lowest BCUT2D eigenvalue weighted by Gasteiger charge is -2.18. The maximum absolute atomic E-state index is 12.6. The average molecular weight is 594 g/mol. The Hall–Kier alpha value is -2.94. The molecule has 0 fully saturated rings. The molecular weight excluding hydrogens is 574 g/mol. The quantitative estimate of drug-likeness (QED) is 0.253. The number of thioether (sulfide) groups is 1. The lowest BCUT2D eigenvalue weighted by Crippen LogP contribution is -2.39. The van der Waals surface area contributed by atoms with Crippen molar-refractivity contribution in [3.8, 4) is 0 Å². The molecule has 1 aromatic heterocycles. The van der Waals surface area contributed by atoms with E-state index in [1.165, 1.54) is 29.3 Å². The number of carbonyl (C=O) groups is 1. The Labute approximate surface area is 227 Å². The molecule has 1 unspecified atom stereocenters. The monoisotopic (exact) mass is 593 g/mol. The maximum Gasteiger partial charge on any atom is 0.377 e. The zero-order valence-electron chi connectivity index (χ0n) is 19.7. The normalized spacial score (nSPS) is 16.2. The molecule has 198 valence electrons. The minimum Gasteiger partial charge on any atom is -0.743 e. The van der Waals surface area contributed by atoms with Crippen LogP contribution in [-0.2, 0) is 30.8 Å². The van der Waals surface area contributed by atoms with E-state index in [0.29, 0.717) is 32.2 Å². The van der Waals surface area contributed by atoms with Gasteiger partial charge in [-0.05, 0) is 35.7 Å². The van der Waals surface area contributed by atoms with Crippen LogP contribution in [0.2, 0.25) is 5.02 Å². The molecule has 5 rings (SSSR count). The average Bonchev–Trinajstić information content (AvgIpc) is 3.35. The number of amides is 1. The number of rotatable bonds is 6. The van der Waals surface area contributed by atoms with E-state index in [1.54, 1.807) is 41.3 Å². The minimum absolute atomic E-state index is 0.0612. The second kappa shape index (κ2) is 9.98. The van der Waals surface area contributed by atoms with Crippen molar-refractivity contribution in [2.24, 2.45) is 4.36 Å². The molecule has 14 heteroatoms. The summed E-state index contributed by atoms with van der Waals surface area (Å²) >= 11 is 7.45. The van der Waals surface area contributed by atoms with E-state index in [4.69, 9.17) is 16.0 Å². The number of anilines is 1. The first-order valence-electron chi connectivity index (χ1n) is 11.2. The summed E-state index contributed by atoms with van der Waals surface area (Å²) < 4.78 is 68.2. The Kier molecular flexibility index (Phi) is 7.00. The van der Waals surface area contributed by atoms with Crippen LogP contribution in [0.1, 0.15) is 12.8 Å². The first-order valence-corrected chi connectivity index (χ1v) is 15.6. The number of hydrogen-bond acceptors (Lipinski definition) is 8. The summed E-state index contributed by atoms with van der Waals surface area (Å²) in [4.78, 5) is 14.9. The number of aromatic nitrogens is 1. The first-order chi connectivity index (χ1) is 17.9. The third kappa shape index (κ3) is 5.44. The summed E-state index contributed by atoms with van der Waals surface area (Å²) in [5, 5.41) is 2.36. The zero-order chi connectivity index (χ0) is 27.2. The maximum atomic E-state index is 12.6. The van der Waals surface area contributed by atoms with Crippen molar-refractivity contribution in [3.05, 3.63) is 70.5 Å². The van der Waals surface area contributed by atoms with E-state index < -0.39 is 31.9 Å². The number of fused-ring (bicyclic) bond motifs is 4. The number of halogens is 1. The molecular formula is C24H20ClN3O7S3. The number of carbonyl (C=O) groups excluding carboxylic acids is 1. The van der Waals surface area contributed by atoms with Crippen LogP contribution in [0.4, 0.5) is 5.69 Å². The molecule has 4 aromatic rings. The molecule has 1 aliphatic rings. The molecule has 0 aliphatic carbocycles. The molecule has 38 heavy (non-hydrogen) atoms. The molecule has 2 heterocycles. The predicted molar refractivity (Wildman–Crippen MR) is 145 cm³/mol. The molecule has 0 radical (unpaired) electrons. The summed E-state index contributed by atoms with van der Waals surface area (Å²) in [5.41, 5.74) is 1.35. The smallest absolute Gasteiger partial charge is 0.377 e. The van der Waals surface area contributed by atoms with Crippen LogP contribution in [0.3, 0.4) is 0 Å². The van der Waals surface area contributed by atoms with Crippen LogP contribution in [0.25, 0.3) is 27.9 Å². The van der Waals surface area contributed by atoms with E-state index in [9.17, 15) is 26.5 Å². The second-order valence-corrected chi connectivity index (χ2v) is 13.2. The lowest BCUT2D eigenvalue weighted by molar-refractivity contribution is -0.658. The lowest BCUT2D eigenvalue weighted by atomic mass is 10.1. The van der Waals surface area contributed by atoms with Crippen molar-refractivity contribution < 1.29 is 35.5 Å². The van der Waals surface area contributed by atoms with Gasteiger partial charge in [-0.3, -0.25) is 4.79 Å². The topological polar surface area (TPSA) is 144 Å². The Morgan fingerprint density at radius 2 is 1.97 bits per heavy atom. The van der Waals surface area contributed by atoms with Crippen LogP contribution in [-0.4, -0.2) is 39.9 Å². The van der Waals surface area contributed by atoms with Gasteiger partial charge in [0.25, 0.3) is 11.4 Å². The van der Waals surface area contributed by atoms with Gasteiger partial charge in [0.2, 0.25) is 11.5 Å². The summed E-state index contributed by atoms with van der Waals surface area (Å²) in [5.74, 6) is -1.86. The summed E-state index contributed by atoms with van der Waals surface area (Å²) in [7, 11) is -8.39. The summed E-state index contributed by atoms with van der Waals surface area (Å²) in [6, 6.07) is 15.9. The highest BCUT2D eigenvalue weighted by atomic mass is 35.5. The Balaban J connectivity index is 1.68. The van der Waals surface area contributed by atoms with Crippen molar-refractivity contribution in [1.29, 1.82) is 0 Å². The third-order valence-corrected chi connectivity index (χ3v) is 8.92. The van der Waals surface area contributed by atoms with Gasteiger partial charge in [0, 0.05) is 9.92 Å². The van der Waals surface area contributed by atoms with E-state index in [-0.39, 0.29) is 18.2 Å². The van der Waals surface area contributed by atoms with Gasteiger partial charge in [-0.2, -0.15) is 0 Å². The molecule has 1 amide bonds. The van der Waals surface area contributed by atoms with Crippen LogP contribution in [0.5, 0.6) is 0 Å². The standard InChI is InChI=1S/C24H20ClN3O7S3/c1-2-37(30,31)26-21(29)13-27-18-11-16(25)8-10-20(18)36-23(27)12-22-28(14-38(32,33)34)24-17-6-4-3-5-15(17)7-9-19(24)35-22/h3-12H,2,13-14H2,1H3,(H-,26,29,30,31,32,33,34). The van der Waals surface area contributed by atoms with Gasteiger partial charge >= 0.3 is 5.89 Å². The van der Waals surface area contributed by atoms with E-state index in [2.05, 4.69) is 4.36 Å². The third-order valence-electron chi connectivity index (χ3n) is 5.75. The molecule has 1 atom stereocenters. The van der Waals surface area contributed by atoms with E-state index >= 15 is 0 Å². The van der Waals surface area contributed by atoms with Crippen molar-refractivity contribution in [2.45, 2.75) is 17.7 Å². The van der Waals surface area contributed by atoms with Crippen LogP contribution >= 0.6 is 23.4 Å². The molecule has 0 saturated carbocycles. The fourth-order valence-corrected chi connectivity index (χ4v) is 6.42. The molecule has 0 spiro atoms. The van der Waals surface area contributed by atoms with Gasteiger partial charge < -0.3 is 18.4 Å². The highest BCUT2D eigenvalue weighted by Crippen LogP contribution is 2.47. The van der Waals surface area contributed by atoms with Crippen LogP contribution in [0, 0.1) is 0 Å². The van der Waals surface area contributed by atoms with Crippen molar-refractivity contribution in [3.63, 3.8) is 0 Å². The van der Waals surface area contributed by atoms with Crippen molar-refractivity contribution >= 4 is 83.0 Å². The van der Waals surface area contributed by atoms with Crippen LogP contribution in [0.15, 0.2) is 73.3 Å². The highest BCUT2D eigenvalue weighted by Gasteiger charge is 2.32. The van der Waals surface area contributed by atoms with Crippen molar-refractivity contribution in [2.75, 3.05) is 17.2 Å². The molecule has 0 bridgehead atoms. The van der Waals surface area contributed by atoms with Gasteiger partial charge in [-0.15, -0.1) is 8.93 Å². The van der Waals surface area contributed by atoms with E-state index in [1.807, 2.05) is 18.2 Å². The highest BCUT2D eigenvalue weighted by molar-refractivity contribution is 8.03. The Morgan fingerprint density at radius 3 is 2.71 bits per heavy atom. The minimum atomic E-state index is -4.72. The Bertz CT molecular complexity index is 1880. The predicted octanol–water partition coefficient (Wildman–Crippen LogP) is 4.43. The molecule has 10 nitrogen and oxygen atoms in total. The van der Waals surface area contributed by atoms with Gasteiger partial charge in [0.1, 0.15) is 6.54 Å². The zero-order valence-corrected chi connectivity index (χ0v) is 22.9. The van der Waals surface area contributed by atoms with Gasteiger partial charge in [-0.1, -0.05) is 54.6 Å². The molecule has 1 aliphatic heterocycles. The van der Waals surface area contributed by atoms with Gasteiger partial charge in [0.15, 0.2) is 20.1 Å². The second-order valence-electron chi connectivity index (χ2n) is 8.35. The van der Waals surface area contributed by atoms with Crippen LogP contribution < -0.4 is 9.47 Å². The molecule has 3 aromatic carbocycles.